The molecule has 1 aromatic carbocycles. The molecule has 94 valence electrons. The van der Waals surface area contributed by atoms with Gasteiger partial charge in [0.25, 0.3) is 5.91 Å². The summed E-state index contributed by atoms with van der Waals surface area (Å²) in [7, 11) is 0. The average molecular weight is 242 g/mol. The zero-order valence-electron chi connectivity index (χ0n) is 10.4. The fourth-order valence-corrected chi connectivity index (χ4v) is 2.36. The predicted octanol–water partition coefficient (Wildman–Crippen LogP) is 1.28. The van der Waals surface area contributed by atoms with Gasteiger partial charge in [-0.25, -0.2) is 0 Å². The number of rotatable bonds is 2. The van der Waals surface area contributed by atoms with E-state index in [0.29, 0.717) is 12.5 Å². The average Bonchev–Trinajstić information content (AvgIpc) is 2.85. The van der Waals surface area contributed by atoms with Crippen molar-refractivity contribution in [1.29, 1.82) is 0 Å². The summed E-state index contributed by atoms with van der Waals surface area (Å²) in [6, 6.07) is 9.71. The molecule has 0 aliphatic heterocycles. The van der Waals surface area contributed by atoms with Crippen LogP contribution in [0.4, 0.5) is 0 Å². The molecule has 0 spiro atoms. The lowest BCUT2D eigenvalue weighted by molar-refractivity contribution is -0.116. The van der Waals surface area contributed by atoms with Crippen LogP contribution in [0.2, 0.25) is 0 Å². The molecule has 3 heteroatoms. The molecule has 3 N–H and O–H groups in total. The Bertz CT molecular complexity index is 458. The first-order valence-corrected chi connectivity index (χ1v) is 6.37. The van der Waals surface area contributed by atoms with E-state index in [1.807, 2.05) is 30.3 Å². The van der Waals surface area contributed by atoms with Gasteiger partial charge in [0.2, 0.25) is 0 Å². The Labute approximate surface area is 108 Å². The summed E-state index contributed by atoms with van der Waals surface area (Å²) in [5.41, 5.74) is 6.53. The highest BCUT2D eigenvalue weighted by atomic mass is 16.1. The smallest absolute Gasteiger partial charge is 0.296 e. The van der Waals surface area contributed by atoms with E-state index in [1.54, 1.807) is 0 Å². The number of hydrogen-bond donors (Lipinski definition) is 2. The van der Waals surface area contributed by atoms with Crippen LogP contribution in [-0.4, -0.2) is 18.5 Å². The highest BCUT2D eigenvalue weighted by Crippen LogP contribution is 2.24. The Kier molecular flexibility index (Phi) is 4.38. The van der Waals surface area contributed by atoms with Crippen molar-refractivity contribution >= 4 is 5.91 Å². The monoisotopic (exact) mass is 242 g/mol. The van der Waals surface area contributed by atoms with Gasteiger partial charge in [-0.1, -0.05) is 30.5 Å². The highest BCUT2D eigenvalue weighted by molar-refractivity contribution is 5.94. The van der Waals surface area contributed by atoms with Crippen LogP contribution >= 0.6 is 0 Å². The van der Waals surface area contributed by atoms with Gasteiger partial charge >= 0.3 is 0 Å². The van der Waals surface area contributed by atoms with E-state index >= 15 is 0 Å². The van der Waals surface area contributed by atoms with Crippen molar-refractivity contribution in [2.24, 2.45) is 11.7 Å². The van der Waals surface area contributed by atoms with Gasteiger partial charge in [0.15, 0.2) is 0 Å². The van der Waals surface area contributed by atoms with Crippen molar-refractivity contribution in [3.05, 3.63) is 35.9 Å². The van der Waals surface area contributed by atoms with E-state index in [2.05, 4.69) is 17.2 Å². The minimum absolute atomic E-state index is 0.201. The van der Waals surface area contributed by atoms with Crippen LogP contribution in [0.3, 0.4) is 0 Å². The zero-order valence-corrected chi connectivity index (χ0v) is 10.4. The standard InChI is InChI=1S/C15H18N2O/c16-11-13-7-4-8-14(13)17-15(18)10-9-12-5-2-1-3-6-12/h1-3,5-6,13-14H,4,7-8,11,16H2,(H,17,18). The molecule has 1 saturated carbocycles. The van der Waals surface area contributed by atoms with E-state index in [-0.39, 0.29) is 11.9 Å². The Morgan fingerprint density at radius 3 is 2.83 bits per heavy atom. The van der Waals surface area contributed by atoms with E-state index in [4.69, 9.17) is 5.73 Å². The topological polar surface area (TPSA) is 55.1 Å². The largest absolute Gasteiger partial charge is 0.342 e. The summed E-state index contributed by atoms with van der Waals surface area (Å²) in [6.45, 7) is 0.636. The molecule has 0 aromatic heterocycles. The van der Waals surface area contributed by atoms with Crippen molar-refractivity contribution in [1.82, 2.24) is 5.32 Å². The first-order valence-electron chi connectivity index (χ1n) is 6.37. The maximum absolute atomic E-state index is 11.7. The summed E-state index contributed by atoms with van der Waals surface area (Å²) in [4.78, 5) is 11.7. The summed E-state index contributed by atoms with van der Waals surface area (Å²) in [5.74, 6) is 5.69. The van der Waals surface area contributed by atoms with Gasteiger partial charge in [-0.15, -0.1) is 0 Å². The highest BCUT2D eigenvalue weighted by Gasteiger charge is 2.26. The molecule has 3 nitrogen and oxygen atoms in total. The van der Waals surface area contributed by atoms with Crippen molar-refractivity contribution in [3.63, 3.8) is 0 Å². The second kappa shape index (κ2) is 6.23. The lowest BCUT2D eigenvalue weighted by Crippen LogP contribution is -2.39. The molecule has 1 aliphatic rings. The van der Waals surface area contributed by atoms with Gasteiger partial charge in [0.05, 0.1) is 0 Å². The van der Waals surface area contributed by atoms with Crippen LogP contribution in [0.1, 0.15) is 24.8 Å². The molecule has 0 heterocycles. The van der Waals surface area contributed by atoms with Crippen LogP contribution < -0.4 is 11.1 Å². The second-order valence-corrected chi connectivity index (χ2v) is 4.62. The van der Waals surface area contributed by atoms with E-state index in [1.165, 1.54) is 0 Å². The first kappa shape index (κ1) is 12.7. The number of nitrogens with one attached hydrogen (secondary N) is 1. The van der Waals surface area contributed by atoms with E-state index < -0.39 is 0 Å². The Morgan fingerprint density at radius 1 is 1.33 bits per heavy atom. The van der Waals surface area contributed by atoms with Gasteiger partial charge in [-0.2, -0.15) is 0 Å². The molecular weight excluding hydrogens is 224 g/mol. The fraction of sp³-hybridized carbons (Fsp3) is 0.400. The zero-order chi connectivity index (χ0) is 12.8. The minimum Gasteiger partial charge on any atom is -0.342 e. The summed E-state index contributed by atoms with van der Waals surface area (Å²) in [6.07, 6.45) is 3.26. The molecule has 2 rings (SSSR count). The number of benzene rings is 1. The maximum atomic E-state index is 11.7. The van der Waals surface area contributed by atoms with Crippen LogP contribution in [0.15, 0.2) is 30.3 Å². The molecule has 0 bridgehead atoms. The van der Waals surface area contributed by atoms with Crippen molar-refractivity contribution in [3.8, 4) is 11.8 Å². The molecule has 1 aromatic rings. The third-order valence-corrected chi connectivity index (χ3v) is 3.37. The number of carbonyl (C=O) groups excluding carboxylic acids is 1. The van der Waals surface area contributed by atoms with Crippen molar-refractivity contribution in [2.45, 2.75) is 25.3 Å². The Morgan fingerprint density at radius 2 is 2.11 bits per heavy atom. The molecule has 18 heavy (non-hydrogen) atoms. The number of hydrogen-bond acceptors (Lipinski definition) is 2. The SMILES string of the molecule is NCC1CCCC1NC(=O)C#Cc1ccccc1. The second-order valence-electron chi connectivity index (χ2n) is 4.62. The molecule has 1 amide bonds. The molecular formula is C15H18N2O. The van der Waals surface area contributed by atoms with Crippen molar-refractivity contribution < 1.29 is 4.79 Å². The summed E-state index contributed by atoms with van der Waals surface area (Å²) in [5, 5.41) is 2.96. The lowest BCUT2D eigenvalue weighted by Gasteiger charge is -2.17. The third kappa shape index (κ3) is 3.35. The molecule has 1 fully saturated rings. The van der Waals surface area contributed by atoms with Crippen LogP contribution in [-0.2, 0) is 4.79 Å². The van der Waals surface area contributed by atoms with Crippen LogP contribution in [0.25, 0.3) is 0 Å². The fourth-order valence-electron chi connectivity index (χ4n) is 2.36. The minimum atomic E-state index is -0.204. The number of amides is 1. The lowest BCUT2D eigenvalue weighted by atomic mass is 10.0. The van der Waals surface area contributed by atoms with E-state index in [0.717, 1.165) is 24.8 Å². The Hall–Kier alpha value is -1.79. The molecule has 0 saturated heterocycles. The van der Waals surface area contributed by atoms with E-state index in [9.17, 15) is 4.79 Å². The van der Waals surface area contributed by atoms with Gasteiger partial charge in [-0.05, 0) is 37.4 Å². The van der Waals surface area contributed by atoms with Crippen molar-refractivity contribution in [2.75, 3.05) is 6.54 Å². The third-order valence-electron chi connectivity index (χ3n) is 3.37. The maximum Gasteiger partial charge on any atom is 0.296 e. The van der Waals surface area contributed by atoms with Gasteiger partial charge < -0.3 is 11.1 Å². The normalized spacial score (nSPS) is 22.1. The number of nitrogens with two attached hydrogens (primary N) is 1. The molecule has 2 atom stereocenters. The predicted molar refractivity (Wildman–Crippen MR) is 71.6 cm³/mol. The summed E-state index contributed by atoms with van der Waals surface area (Å²) < 4.78 is 0. The van der Waals surface area contributed by atoms with Gasteiger partial charge in [0.1, 0.15) is 0 Å². The quantitative estimate of drug-likeness (QED) is 0.768. The Balaban J connectivity index is 1.91. The summed E-state index contributed by atoms with van der Waals surface area (Å²) >= 11 is 0. The molecule has 2 unspecified atom stereocenters. The molecule has 0 radical (unpaired) electrons. The van der Waals surface area contributed by atoms with Crippen LogP contribution in [0, 0.1) is 17.8 Å². The van der Waals surface area contributed by atoms with Gasteiger partial charge in [0, 0.05) is 17.5 Å². The first-order chi connectivity index (χ1) is 8.79. The van der Waals surface area contributed by atoms with Gasteiger partial charge in [-0.3, -0.25) is 4.79 Å². The number of carbonyl (C=O) groups is 1. The molecule has 1 aliphatic carbocycles. The van der Waals surface area contributed by atoms with Crippen LogP contribution in [0.5, 0.6) is 0 Å².